The quantitative estimate of drug-likeness (QED) is 0.345. The van der Waals surface area contributed by atoms with Gasteiger partial charge in [0.15, 0.2) is 0 Å². The number of carbonyl (C=O) groups excluding carboxylic acids is 2. The first-order valence-electron chi connectivity index (χ1n) is 12.2. The Balaban J connectivity index is 0.000000917. The lowest BCUT2D eigenvalue weighted by Crippen LogP contribution is -2.24. The average Bonchev–Trinajstić information content (AvgIpc) is 3.27. The van der Waals surface area contributed by atoms with Crippen LogP contribution in [0.5, 0.6) is 0 Å². The lowest BCUT2D eigenvalue weighted by atomic mass is 9.96. The first kappa shape index (κ1) is 24.7. The molecule has 180 valence electrons. The Morgan fingerprint density at radius 1 is 0.886 bits per heavy atom. The number of hydrogen-bond acceptors (Lipinski definition) is 7. The zero-order chi connectivity index (χ0) is 24.5. The van der Waals surface area contributed by atoms with Crippen LogP contribution in [-0.2, 0) is 28.9 Å². The van der Waals surface area contributed by atoms with Crippen LogP contribution in [-0.4, -0.2) is 27.1 Å². The van der Waals surface area contributed by atoms with Crippen molar-refractivity contribution in [3.63, 3.8) is 0 Å². The van der Waals surface area contributed by atoms with Crippen molar-refractivity contribution < 1.29 is 9.59 Å². The van der Waals surface area contributed by atoms with Crippen LogP contribution in [0.1, 0.15) is 66.6 Å². The Bertz CT molecular complexity index is 1280. The van der Waals surface area contributed by atoms with E-state index in [1.807, 2.05) is 0 Å². The zero-order valence-electron chi connectivity index (χ0n) is 20.0. The number of rotatable bonds is 7. The van der Waals surface area contributed by atoms with Crippen LogP contribution in [0, 0.1) is 0 Å². The highest BCUT2D eigenvalue weighted by Crippen LogP contribution is 2.26. The SMILES string of the molecule is CCc1ccc2nc(Cc3cc(Cc4ccccc4)nc(NC4CCCCC4)n3)sc2c1.O=C=O. The third-order valence-corrected chi connectivity index (χ3v) is 7.25. The molecular weight excluding hydrogens is 456 g/mol. The summed E-state index contributed by atoms with van der Waals surface area (Å²) in [5.74, 6) is 0.773. The third-order valence-electron chi connectivity index (χ3n) is 6.24. The van der Waals surface area contributed by atoms with Gasteiger partial charge in [0.1, 0.15) is 0 Å². The Kier molecular flexibility index (Phi) is 8.71. The minimum Gasteiger partial charge on any atom is -0.351 e. The van der Waals surface area contributed by atoms with Gasteiger partial charge in [-0.15, -0.1) is 11.3 Å². The van der Waals surface area contributed by atoms with Crippen LogP contribution < -0.4 is 5.32 Å². The van der Waals surface area contributed by atoms with Crippen LogP contribution in [0.25, 0.3) is 10.2 Å². The average molecular weight is 487 g/mol. The van der Waals surface area contributed by atoms with E-state index < -0.39 is 0 Å². The fourth-order valence-corrected chi connectivity index (χ4v) is 5.55. The summed E-state index contributed by atoms with van der Waals surface area (Å²) in [6.45, 7) is 2.19. The van der Waals surface area contributed by atoms with Crippen LogP contribution in [0.15, 0.2) is 54.6 Å². The lowest BCUT2D eigenvalue weighted by Gasteiger charge is -2.23. The van der Waals surface area contributed by atoms with Crippen molar-refractivity contribution in [3.8, 4) is 0 Å². The highest BCUT2D eigenvalue weighted by atomic mass is 32.1. The second-order valence-corrected chi connectivity index (χ2v) is 9.95. The van der Waals surface area contributed by atoms with E-state index in [-0.39, 0.29) is 6.15 Å². The first-order chi connectivity index (χ1) is 17.2. The summed E-state index contributed by atoms with van der Waals surface area (Å²) in [5.41, 5.74) is 5.82. The van der Waals surface area contributed by atoms with E-state index in [0.29, 0.717) is 6.04 Å². The molecule has 6 nitrogen and oxygen atoms in total. The van der Waals surface area contributed by atoms with Gasteiger partial charge in [0, 0.05) is 18.9 Å². The number of aromatic nitrogens is 3. The number of nitrogens with one attached hydrogen (secondary N) is 1. The van der Waals surface area contributed by atoms with Crippen molar-refractivity contribution in [3.05, 3.63) is 82.1 Å². The number of hydrogen-bond donors (Lipinski definition) is 1. The van der Waals surface area contributed by atoms with Gasteiger partial charge in [-0.1, -0.05) is 62.6 Å². The topological polar surface area (TPSA) is 84.8 Å². The predicted octanol–water partition coefficient (Wildman–Crippen LogP) is 5.99. The van der Waals surface area contributed by atoms with Crippen molar-refractivity contribution >= 4 is 33.7 Å². The summed E-state index contributed by atoms with van der Waals surface area (Å²) in [7, 11) is 0. The molecule has 1 fully saturated rings. The molecule has 1 aliphatic carbocycles. The van der Waals surface area contributed by atoms with E-state index in [4.69, 9.17) is 24.5 Å². The molecule has 0 bridgehead atoms. The summed E-state index contributed by atoms with van der Waals surface area (Å²) in [5, 5.41) is 4.75. The van der Waals surface area contributed by atoms with Gasteiger partial charge >= 0.3 is 6.15 Å². The van der Waals surface area contributed by atoms with Gasteiger partial charge in [0.2, 0.25) is 5.95 Å². The van der Waals surface area contributed by atoms with Gasteiger partial charge in [0.05, 0.1) is 26.6 Å². The van der Waals surface area contributed by atoms with Gasteiger partial charge in [0.25, 0.3) is 0 Å². The van der Waals surface area contributed by atoms with Crippen LogP contribution >= 0.6 is 11.3 Å². The molecule has 1 saturated carbocycles. The minimum absolute atomic E-state index is 0.250. The summed E-state index contributed by atoms with van der Waals surface area (Å²) >= 11 is 1.78. The van der Waals surface area contributed by atoms with E-state index in [1.54, 1.807) is 11.3 Å². The van der Waals surface area contributed by atoms with Gasteiger partial charge in [-0.2, -0.15) is 9.59 Å². The highest BCUT2D eigenvalue weighted by Gasteiger charge is 2.16. The Morgan fingerprint density at radius 2 is 1.60 bits per heavy atom. The van der Waals surface area contributed by atoms with Gasteiger partial charge < -0.3 is 5.32 Å². The van der Waals surface area contributed by atoms with Gasteiger partial charge in [-0.25, -0.2) is 15.0 Å². The van der Waals surface area contributed by atoms with E-state index in [1.165, 1.54) is 47.9 Å². The molecule has 0 unspecified atom stereocenters. The molecule has 1 aliphatic rings. The molecule has 0 atom stereocenters. The Labute approximate surface area is 209 Å². The number of nitrogens with zero attached hydrogens (tertiary/aromatic N) is 3. The molecule has 0 spiro atoms. The van der Waals surface area contributed by atoms with Crippen LogP contribution in [0.4, 0.5) is 5.95 Å². The van der Waals surface area contributed by atoms with Crippen LogP contribution in [0.3, 0.4) is 0 Å². The standard InChI is InChI=1S/C27H30N4S.CO2/c1-2-19-13-14-24-25(16-19)32-26(31-24)18-23-17-22(15-20-9-5-3-6-10-20)29-27(30-23)28-21-11-7-4-8-12-21;2-1-3/h3,5-6,9-10,13-14,16-17,21H,2,4,7-8,11-12,15,18H2,1H3,(H,28,29,30);. The van der Waals surface area contributed by atoms with E-state index in [2.05, 4.69) is 66.8 Å². The van der Waals surface area contributed by atoms with Crippen molar-refractivity contribution in [2.45, 2.75) is 64.3 Å². The molecule has 2 heterocycles. The normalized spacial score (nSPS) is 13.6. The minimum atomic E-state index is 0.250. The predicted molar refractivity (Wildman–Crippen MR) is 139 cm³/mol. The Hall–Kier alpha value is -3.41. The van der Waals surface area contributed by atoms with Crippen molar-refractivity contribution in [1.29, 1.82) is 0 Å². The number of anilines is 1. The van der Waals surface area contributed by atoms with Gasteiger partial charge in [-0.05, 0) is 48.6 Å². The second kappa shape index (κ2) is 12.3. The highest BCUT2D eigenvalue weighted by molar-refractivity contribution is 7.18. The summed E-state index contributed by atoms with van der Waals surface area (Å²) in [6.07, 6.45) is 9.20. The molecule has 0 saturated heterocycles. The molecule has 5 rings (SSSR count). The number of aryl methyl sites for hydroxylation is 1. The van der Waals surface area contributed by atoms with Crippen LogP contribution in [0.2, 0.25) is 0 Å². The Morgan fingerprint density at radius 3 is 2.31 bits per heavy atom. The lowest BCUT2D eigenvalue weighted by molar-refractivity contribution is -0.191. The van der Waals surface area contributed by atoms with Crippen molar-refractivity contribution in [1.82, 2.24) is 15.0 Å². The smallest absolute Gasteiger partial charge is 0.351 e. The van der Waals surface area contributed by atoms with E-state index >= 15 is 0 Å². The third kappa shape index (κ3) is 7.04. The molecule has 7 heteroatoms. The first-order valence-corrected chi connectivity index (χ1v) is 13.0. The van der Waals surface area contributed by atoms with E-state index in [0.717, 1.165) is 47.1 Å². The number of benzene rings is 2. The summed E-state index contributed by atoms with van der Waals surface area (Å²) in [4.78, 5) is 30.9. The van der Waals surface area contributed by atoms with Gasteiger partial charge in [-0.3, -0.25) is 0 Å². The molecule has 4 aromatic rings. The molecule has 0 aliphatic heterocycles. The fraction of sp³-hybridized carbons (Fsp3) is 0.357. The maximum Gasteiger partial charge on any atom is 0.373 e. The maximum absolute atomic E-state index is 8.12. The second-order valence-electron chi connectivity index (χ2n) is 8.84. The van der Waals surface area contributed by atoms with Crippen molar-refractivity contribution in [2.24, 2.45) is 0 Å². The number of fused-ring (bicyclic) bond motifs is 1. The van der Waals surface area contributed by atoms with Crippen molar-refractivity contribution in [2.75, 3.05) is 5.32 Å². The maximum atomic E-state index is 8.12. The summed E-state index contributed by atoms with van der Waals surface area (Å²) in [6, 6.07) is 19.8. The molecule has 35 heavy (non-hydrogen) atoms. The number of thiazole rings is 1. The molecule has 0 amide bonds. The molecule has 0 radical (unpaired) electrons. The monoisotopic (exact) mass is 486 g/mol. The fourth-order valence-electron chi connectivity index (χ4n) is 4.50. The summed E-state index contributed by atoms with van der Waals surface area (Å²) < 4.78 is 1.26. The molecular formula is C28H30N4O2S. The largest absolute Gasteiger partial charge is 0.373 e. The molecule has 1 N–H and O–H groups in total. The zero-order valence-corrected chi connectivity index (χ0v) is 20.8. The molecule has 2 aromatic carbocycles. The van der Waals surface area contributed by atoms with E-state index in [9.17, 15) is 0 Å². The molecule has 2 aromatic heterocycles.